The third kappa shape index (κ3) is 7.20. The van der Waals surface area contributed by atoms with Gasteiger partial charge in [-0.15, -0.1) is 23.1 Å². The molecule has 0 bridgehead atoms. The Morgan fingerprint density at radius 1 is 1.17 bits per heavy atom. The summed E-state index contributed by atoms with van der Waals surface area (Å²) < 4.78 is 5.28. The molecular weight excluding hydrogens is 486 g/mol. The fourth-order valence-electron chi connectivity index (χ4n) is 4.34. The van der Waals surface area contributed by atoms with Crippen molar-refractivity contribution in [2.75, 3.05) is 30.8 Å². The van der Waals surface area contributed by atoms with E-state index in [1.165, 1.54) is 4.88 Å². The van der Waals surface area contributed by atoms with Crippen molar-refractivity contribution in [1.29, 1.82) is 0 Å². The minimum Gasteiger partial charge on any atom is -0.395 e. The Bertz CT molecular complexity index is 987. The summed E-state index contributed by atoms with van der Waals surface area (Å²) >= 11 is 3.55. The van der Waals surface area contributed by atoms with Crippen LogP contribution in [-0.2, 0) is 19.1 Å². The molecular formula is C25H33N3O5S2. The van der Waals surface area contributed by atoms with Crippen LogP contribution in [0.4, 0.5) is 10.5 Å². The fourth-order valence-corrected chi connectivity index (χ4v) is 7.22. The molecule has 3 amide bonds. The molecule has 0 saturated carbocycles. The van der Waals surface area contributed by atoms with Crippen LogP contribution in [-0.4, -0.2) is 48.8 Å². The van der Waals surface area contributed by atoms with Crippen LogP contribution in [0.5, 0.6) is 0 Å². The second-order valence-electron chi connectivity index (χ2n) is 8.77. The second-order valence-corrected chi connectivity index (χ2v) is 11.3. The summed E-state index contributed by atoms with van der Waals surface area (Å²) in [6, 6.07) is 11.5. The molecule has 2 fully saturated rings. The molecule has 190 valence electrons. The third-order valence-electron chi connectivity index (χ3n) is 6.10. The molecule has 0 spiro atoms. The van der Waals surface area contributed by atoms with Gasteiger partial charge in [0.15, 0.2) is 6.29 Å². The maximum atomic E-state index is 12.9. The number of aliphatic hydroxyl groups is 1. The summed E-state index contributed by atoms with van der Waals surface area (Å²) in [5.41, 5.74) is 4.31. The highest BCUT2D eigenvalue weighted by molar-refractivity contribution is 8.00. The van der Waals surface area contributed by atoms with Gasteiger partial charge in [0.25, 0.3) is 0 Å². The molecule has 3 heterocycles. The first-order valence-electron chi connectivity index (χ1n) is 12.1. The normalized spacial score (nSPS) is 22.4. The molecule has 10 heteroatoms. The lowest BCUT2D eigenvalue weighted by molar-refractivity contribution is -0.200. The van der Waals surface area contributed by atoms with E-state index in [2.05, 4.69) is 28.2 Å². The first-order chi connectivity index (χ1) is 17.1. The summed E-state index contributed by atoms with van der Waals surface area (Å²) in [5, 5.41) is 14.2. The summed E-state index contributed by atoms with van der Waals surface area (Å²) in [6.07, 6.45) is 6.06. The highest BCUT2D eigenvalue weighted by Gasteiger charge is 2.38. The van der Waals surface area contributed by atoms with Crippen molar-refractivity contribution < 1.29 is 24.3 Å². The molecule has 2 atom stereocenters. The monoisotopic (exact) mass is 519 g/mol. The number of aliphatic hydroxyl groups excluding tert-OH is 1. The van der Waals surface area contributed by atoms with Crippen molar-refractivity contribution in [2.24, 2.45) is 0 Å². The number of rotatable bonds is 9. The van der Waals surface area contributed by atoms with Gasteiger partial charge in [0.05, 0.1) is 11.4 Å². The SMILES string of the molecule is O=C(C[C@]1(c2ccc(-c3cccc(NC(=O)NCCO)c3)s2)CCCCS1)NOC1CCCCO1. The van der Waals surface area contributed by atoms with E-state index >= 15 is 0 Å². The highest BCUT2D eigenvalue weighted by Crippen LogP contribution is 2.51. The third-order valence-corrected chi connectivity index (χ3v) is 9.18. The highest BCUT2D eigenvalue weighted by atomic mass is 32.2. The minimum atomic E-state index is -0.359. The topological polar surface area (TPSA) is 109 Å². The first-order valence-corrected chi connectivity index (χ1v) is 13.9. The molecule has 1 unspecified atom stereocenters. The van der Waals surface area contributed by atoms with Gasteiger partial charge >= 0.3 is 6.03 Å². The van der Waals surface area contributed by atoms with Gasteiger partial charge in [-0.2, -0.15) is 0 Å². The number of carbonyl (C=O) groups is 2. The van der Waals surface area contributed by atoms with Crippen LogP contribution in [0.25, 0.3) is 10.4 Å². The van der Waals surface area contributed by atoms with E-state index in [4.69, 9.17) is 14.7 Å². The molecule has 2 saturated heterocycles. The number of nitrogens with one attached hydrogen (secondary N) is 3. The van der Waals surface area contributed by atoms with Crippen LogP contribution < -0.4 is 16.1 Å². The van der Waals surface area contributed by atoms with Gasteiger partial charge in [0.2, 0.25) is 5.91 Å². The predicted molar refractivity (Wildman–Crippen MR) is 139 cm³/mol. The number of hydrogen-bond acceptors (Lipinski definition) is 7. The van der Waals surface area contributed by atoms with Gasteiger partial charge in [-0.05, 0) is 61.3 Å². The van der Waals surface area contributed by atoms with Crippen LogP contribution in [0.1, 0.15) is 49.8 Å². The molecule has 1 aromatic carbocycles. The Labute approximate surface area is 214 Å². The second kappa shape index (κ2) is 12.7. The molecule has 2 aliphatic heterocycles. The Morgan fingerprint density at radius 3 is 2.86 bits per heavy atom. The summed E-state index contributed by atoms with van der Waals surface area (Å²) in [7, 11) is 0. The molecule has 1 aromatic heterocycles. The number of carbonyl (C=O) groups excluding carboxylic acids is 2. The zero-order valence-electron chi connectivity index (χ0n) is 19.7. The number of anilines is 1. The predicted octanol–water partition coefficient (Wildman–Crippen LogP) is 4.61. The van der Waals surface area contributed by atoms with E-state index in [9.17, 15) is 9.59 Å². The van der Waals surface area contributed by atoms with Crippen LogP contribution in [0.2, 0.25) is 0 Å². The van der Waals surface area contributed by atoms with Crippen molar-refractivity contribution in [1.82, 2.24) is 10.8 Å². The maximum absolute atomic E-state index is 12.9. The van der Waals surface area contributed by atoms with Gasteiger partial charge in [-0.25, -0.2) is 15.1 Å². The number of benzene rings is 1. The number of ether oxygens (including phenoxy) is 1. The standard InChI is InChI=1S/C25H33N3O5S2/c29-13-12-26-24(31)27-19-7-5-6-18(16-19)20-9-10-21(35-20)25(11-2-4-15-34-25)17-22(30)28-33-23-8-1-3-14-32-23/h5-7,9-10,16,23,29H,1-4,8,11-15,17H2,(H,28,30)(H2,26,27,31)/t23?,25-/m0/s1. The lowest BCUT2D eigenvalue weighted by Crippen LogP contribution is -2.37. The molecule has 0 radical (unpaired) electrons. The Balaban J connectivity index is 1.44. The Morgan fingerprint density at radius 2 is 2.09 bits per heavy atom. The molecule has 8 nitrogen and oxygen atoms in total. The smallest absolute Gasteiger partial charge is 0.319 e. The van der Waals surface area contributed by atoms with Gasteiger partial charge in [-0.3, -0.25) is 4.79 Å². The van der Waals surface area contributed by atoms with Gasteiger partial charge in [0.1, 0.15) is 0 Å². The van der Waals surface area contributed by atoms with E-state index in [0.29, 0.717) is 18.7 Å². The van der Waals surface area contributed by atoms with Gasteiger partial charge in [0, 0.05) is 41.4 Å². The van der Waals surface area contributed by atoms with Crippen molar-refractivity contribution in [2.45, 2.75) is 56.0 Å². The van der Waals surface area contributed by atoms with Crippen molar-refractivity contribution in [3.05, 3.63) is 41.3 Å². The number of urea groups is 1. The first kappa shape index (κ1) is 26.0. The lowest BCUT2D eigenvalue weighted by Gasteiger charge is -2.35. The van der Waals surface area contributed by atoms with Crippen molar-refractivity contribution >= 4 is 40.7 Å². The molecule has 2 aliphatic rings. The largest absolute Gasteiger partial charge is 0.395 e. The van der Waals surface area contributed by atoms with Crippen LogP contribution >= 0.6 is 23.1 Å². The summed E-state index contributed by atoms with van der Waals surface area (Å²) in [5.74, 6) is 0.902. The molecule has 2 aromatic rings. The molecule has 4 N–H and O–H groups in total. The molecule has 35 heavy (non-hydrogen) atoms. The van der Waals surface area contributed by atoms with Gasteiger partial charge < -0.3 is 20.5 Å². The molecule has 4 rings (SSSR count). The van der Waals surface area contributed by atoms with E-state index in [-0.39, 0.29) is 36.1 Å². The van der Waals surface area contributed by atoms with Crippen molar-refractivity contribution in [3.8, 4) is 10.4 Å². The summed E-state index contributed by atoms with van der Waals surface area (Å²) in [4.78, 5) is 32.6. The van der Waals surface area contributed by atoms with Crippen LogP contribution in [0, 0.1) is 0 Å². The fraction of sp³-hybridized carbons (Fsp3) is 0.520. The summed E-state index contributed by atoms with van der Waals surface area (Å²) in [6.45, 7) is 0.762. The number of amides is 3. The zero-order valence-corrected chi connectivity index (χ0v) is 21.3. The number of thiophene rings is 1. The van der Waals surface area contributed by atoms with Crippen molar-refractivity contribution in [3.63, 3.8) is 0 Å². The molecule has 0 aliphatic carbocycles. The number of thioether (sulfide) groups is 1. The minimum absolute atomic E-state index is 0.107. The Kier molecular flexibility index (Phi) is 9.45. The quantitative estimate of drug-likeness (QED) is 0.361. The number of hydrogen-bond donors (Lipinski definition) is 4. The van der Waals surface area contributed by atoms with E-state index in [0.717, 1.165) is 54.7 Å². The zero-order chi connectivity index (χ0) is 24.5. The van der Waals surface area contributed by atoms with E-state index in [1.807, 2.05) is 36.0 Å². The maximum Gasteiger partial charge on any atom is 0.319 e. The average molecular weight is 520 g/mol. The van der Waals surface area contributed by atoms with Crippen LogP contribution in [0.3, 0.4) is 0 Å². The Hall–Kier alpha value is -2.11. The van der Waals surface area contributed by atoms with Crippen LogP contribution in [0.15, 0.2) is 36.4 Å². The average Bonchev–Trinajstić information content (AvgIpc) is 3.39. The van der Waals surface area contributed by atoms with Gasteiger partial charge in [-0.1, -0.05) is 18.6 Å². The van der Waals surface area contributed by atoms with E-state index in [1.54, 1.807) is 11.3 Å². The van der Waals surface area contributed by atoms with E-state index < -0.39 is 0 Å². The lowest BCUT2D eigenvalue weighted by atomic mass is 9.94. The number of hydroxylamine groups is 1.